The second kappa shape index (κ2) is 7.98. The average molecular weight is 357 g/mol. The molecule has 0 aliphatic heterocycles. The summed E-state index contributed by atoms with van der Waals surface area (Å²) < 4.78 is 15.8. The molecule has 1 aromatic heterocycles. The molecule has 1 aliphatic carbocycles. The summed E-state index contributed by atoms with van der Waals surface area (Å²) in [5.74, 6) is 1.57. The van der Waals surface area contributed by atoms with Crippen molar-refractivity contribution < 1.29 is 19.0 Å². The summed E-state index contributed by atoms with van der Waals surface area (Å²) in [7, 11) is 3.02. The number of aromatic nitrogens is 1. The third kappa shape index (κ3) is 4.28. The van der Waals surface area contributed by atoms with Crippen LogP contribution in [0.25, 0.3) is 10.6 Å². The van der Waals surface area contributed by atoms with E-state index in [4.69, 9.17) is 14.2 Å². The van der Waals surface area contributed by atoms with Gasteiger partial charge in [-0.3, -0.25) is 0 Å². The highest BCUT2D eigenvalue weighted by molar-refractivity contribution is 7.13. The van der Waals surface area contributed by atoms with Gasteiger partial charge >= 0.3 is 5.97 Å². The zero-order valence-corrected chi connectivity index (χ0v) is 14.9. The molecule has 1 aromatic carbocycles. The Morgan fingerprint density at radius 1 is 1.36 bits per heavy atom. The molecule has 6 heteroatoms. The van der Waals surface area contributed by atoms with Crippen molar-refractivity contribution in [2.24, 2.45) is 5.92 Å². The number of ether oxygens (including phenoxy) is 3. The highest BCUT2D eigenvalue weighted by atomic mass is 32.1. The molecule has 0 N–H and O–H groups in total. The van der Waals surface area contributed by atoms with Gasteiger partial charge in [-0.15, -0.1) is 11.3 Å². The van der Waals surface area contributed by atoms with Crippen LogP contribution in [-0.4, -0.2) is 31.8 Å². The third-order valence-electron chi connectivity index (χ3n) is 3.83. The van der Waals surface area contributed by atoms with Crippen LogP contribution in [0.2, 0.25) is 0 Å². The molecule has 3 rings (SSSR count). The Morgan fingerprint density at radius 3 is 2.96 bits per heavy atom. The summed E-state index contributed by atoms with van der Waals surface area (Å²) in [5, 5.41) is 2.46. The van der Waals surface area contributed by atoms with Crippen molar-refractivity contribution in [3.8, 4) is 16.3 Å². The van der Waals surface area contributed by atoms with Gasteiger partial charge in [0, 0.05) is 16.9 Å². The summed E-state index contributed by atoms with van der Waals surface area (Å²) in [6, 6.07) is 7.72. The molecule has 1 heterocycles. The van der Waals surface area contributed by atoms with Gasteiger partial charge in [-0.25, -0.2) is 9.78 Å². The standard InChI is InChI=1S/C19H19NO4S/c1-22-15-8-6-13(7-9-15)11-24-16-5-3-4-14(10-16)18-20-17(12-25-18)19(21)23-2/h3-6,8-10,12-13H,7,11H2,1-2H3. The number of hydrogen-bond acceptors (Lipinski definition) is 6. The Hall–Kier alpha value is -2.60. The van der Waals surface area contributed by atoms with Crippen molar-refractivity contribution in [3.05, 3.63) is 59.3 Å². The Morgan fingerprint density at radius 2 is 2.24 bits per heavy atom. The quantitative estimate of drug-likeness (QED) is 0.729. The molecule has 130 valence electrons. The van der Waals surface area contributed by atoms with E-state index in [1.54, 1.807) is 12.5 Å². The molecule has 0 bridgehead atoms. The van der Waals surface area contributed by atoms with Crippen molar-refractivity contribution in [1.82, 2.24) is 4.98 Å². The summed E-state index contributed by atoms with van der Waals surface area (Å²) in [4.78, 5) is 15.8. The van der Waals surface area contributed by atoms with Crippen LogP contribution in [-0.2, 0) is 9.47 Å². The highest BCUT2D eigenvalue weighted by Gasteiger charge is 2.13. The van der Waals surface area contributed by atoms with Crippen LogP contribution in [0, 0.1) is 5.92 Å². The molecular weight excluding hydrogens is 338 g/mol. The van der Waals surface area contributed by atoms with Crippen molar-refractivity contribution in [3.63, 3.8) is 0 Å². The number of carbonyl (C=O) groups excluding carboxylic acids is 1. The lowest BCUT2D eigenvalue weighted by molar-refractivity contribution is 0.0595. The largest absolute Gasteiger partial charge is 0.497 e. The lowest BCUT2D eigenvalue weighted by Gasteiger charge is -2.16. The van der Waals surface area contributed by atoms with Crippen LogP contribution in [0.4, 0.5) is 0 Å². The van der Waals surface area contributed by atoms with Crippen LogP contribution in [0.5, 0.6) is 5.75 Å². The van der Waals surface area contributed by atoms with E-state index in [1.807, 2.05) is 30.3 Å². The topological polar surface area (TPSA) is 57.7 Å². The minimum atomic E-state index is -0.428. The van der Waals surface area contributed by atoms with Crippen molar-refractivity contribution in [1.29, 1.82) is 0 Å². The van der Waals surface area contributed by atoms with Gasteiger partial charge in [0.05, 0.1) is 20.8 Å². The van der Waals surface area contributed by atoms with E-state index >= 15 is 0 Å². The molecule has 1 unspecified atom stereocenters. The van der Waals surface area contributed by atoms with Crippen LogP contribution in [0.3, 0.4) is 0 Å². The van der Waals surface area contributed by atoms with Crippen LogP contribution >= 0.6 is 11.3 Å². The maximum absolute atomic E-state index is 11.5. The van der Waals surface area contributed by atoms with Gasteiger partial charge in [0.1, 0.15) is 16.5 Å². The zero-order chi connectivity index (χ0) is 17.6. The van der Waals surface area contributed by atoms with Gasteiger partial charge < -0.3 is 14.2 Å². The number of carbonyl (C=O) groups is 1. The van der Waals surface area contributed by atoms with Gasteiger partial charge in [-0.1, -0.05) is 18.2 Å². The second-order valence-corrected chi connectivity index (χ2v) is 6.39. The number of esters is 1. The van der Waals surface area contributed by atoms with Crippen LogP contribution in [0.15, 0.2) is 53.6 Å². The summed E-state index contributed by atoms with van der Waals surface area (Å²) >= 11 is 1.40. The molecule has 5 nitrogen and oxygen atoms in total. The van der Waals surface area contributed by atoms with Crippen molar-refractivity contribution in [2.45, 2.75) is 6.42 Å². The van der Waals surface area contributed by atoms with E-state index in [0.717, 1.165) is 28.5 Å². The first-order chi connectivity index (χ1) is 12.2. The Balaban J connectivity index is 1.64. The highest BCUT2D eigenvalue weighted by Crippen LogP contribution is 2.28. The lowest BCUT2D eigenvalue weighted by atomic mass is 10.0. The molecule has 0 amide bonds. The summed E-state index contributed by atoms with van der Waals surface area (Å²) in [6.45, 7) is 0.596. The molecule has 0 radical (unpaired) electrons. The van der Waals surface area contributed by atoms with Gasteiger partial charge in [0.15, 0.2) is 5.69 Å². The van der Waals surface area contributed by atoms with Crippen molar-refractivity contribution >= 4 is 17.3 Å². The third-order valence-corrected chi connectivity index (χ3v) is 4.73. The molecule has 25 heavy (non-hydrogen) atoms. The van der Waals surface area contributed by atoms with E-state index in [9.17, 15) is 4.79 Å². The van der Waals surface area contributed by atoms with Crippen LogP contribution < -0.4 is 4.74 Å². The van der Waals surface area contributed by atoms with Gasteiger partial charge in [0.25, 0.3) is 0 Å². The van der Waals surface area contributed by atoms with E-state index in [0.29, 0.717) is 18.2 Å². The van der Waals surface area contributed by atoms with E-state index < -0.39 is 5.97 Å². The van der Waals surface area contributed by atoms with Gasteiger partial charge in [-0.2, -0.15) is 0 Å². The van der Waals surface area contributed by atoms with Gasteiger partial charge in [0.2, 0.25) is 0 Å². The Bertz CT molecular complexity index is 809. The smallest absolute Gasteiger partial charge is 0.357 e. The number of nitrogens with zero attached hydrogens (tertiary/aromatic N) is 1. The number of benzene rings is 1. The minimum absolute atomic E-state index is 0.321. The predicted molar refractivity (Wildman–Crippen MR) is 96.7 cm³/mol. The number of hydrogen-bond donors (Lipinski definition) is 0. The second-order valence-electron chi connectivity index (χ2n) is 5.53. The number of thiazole rings is 1. The maximum Gasteiger partial charge on any atom is 0.357 e. The average Bonchev–Trinajstić information content (AvgIpc) is 3.16. The fraction of sp³-hybridized carbons (Fsp3) is 0.263. The Kier molecular flexibility index (Phi) is 5.50. The fourth-order valence-corrected chi connectivity index (χ4v) is 3.23. The first kappa shape index (κ1) is 17.2. The monoisotopic (exact) mass is 357 g/mol. The molecule has 0 saturated heterocycles. The SMILES string of the molecule is COC(=O)c1csc(-c2cccc(OCC3C=CC(OC)=CC3)c2)n1. The first-order valence-electron chi connectivity index (χ1n) is 7.89. The number of methoxy groups -OCH3 is 2. The maximum atomic E-state index is 11.5. The zero-order valence-electron chi connectivity index (χ0n) is 14.1. The Labute approximate surface area is 150 Å². The molecule has 1 atom stereocenters. The summed E-state index contributed by atoms with van der Waals surface area (Å²) in [6.07, 6.45) is 7.03. The van der Waals surface area contributed by atoms with E-state index in [2.05, 4.69) is 17.1 Å². The van der Waals surface area contributed by atoms with Gasteiger partial charge in [-0.05, 0) is 30.7 Å². The summed E-state index contributed by atoms with van der Waals surface area (Å²) in [5.41, 5.74) is 1.24. The van der Waals surface area contributed by atoms with E-state index in [1.165, 1.54) is 18.4 Å². The molecule has 0 spiro atoms. The number of rotatable bonds is 6. The fourth-order valence-electron chi connectivity index (χ4n) is 2.45. The minimum Gasteiger partial charge on any atom is -0.497 e. The van der Waals surface area contributed by atoms with E-state index in [-0.39, 0.29) is 0 Å². The molecular formula is C19H19NO4S. The molecule has 2 aromatic rings. The predicted octanol–water partition coefficient (Wildman–Crippen LogP) is 4.08. The molecule has 0 saturated carbocycles. The molecule has 0 fully saturated rings. The normalized spacial score (nSPS) is 16.2. The first-order valence-corrected chi connectivity index (χ1v) is 8.77. The lowest BCUT2D eigenvalue weighted by Crippen LogP contribution is -2.11. The van der Waals surface area contributed by atoms with Crippen LogP contribution in [0.1, 0.15) is 16.9 Å². The molecule has 1 aliphatic rings. The van der Waals surface area contributed by atoms with Crippen molar-refractivity contribution in [2.75, 3.05) is 20.8 Å². The number of allylic oxidation sites excluding steroid dienone is 2.